The van der Waals surface area contributed by atoms with Crippen molar-refractivity contribution < 1.29 is 14.7 Å². The summed E-state index contributed by atoms with van der Waals surface area (Å²) in [5.74, 6) is 3.34. The van der Waals surface area contributed by atoms with E-state index in [0.717, 1.165) is 87.0 Å². The van der Waals surface area contributed by atoms with Gasteiger partial charge in [-0.3, -0.25) is 33.9 Å². The maximum atomic E-state index is 12.8. The number of amides is 1. The van der Waals surface area contributed by atoms with Crippen LogP contribution in [0.15, 0.2) is 184 Å². The third kappa shape index (κ3) is 17.2. The minimum atomic E-state index is -0.863. The summed E-state index contributed by atoms with van der Waals surface area (Å²) in [5, 5.41) is 32.7. The van der Waals surface area contributed by atoms with Gasteiger partial charge in [-0.25, -0.2) is 14.3 Å². The van der Waals surface area contributed by atoms with Crippen LogP contribution in [0.2, 0.25) is 0 Å². The zero-order chi connectivity index (χ0) is 65.5. The highest BCUT2D eigenvalue weighted by Crippen LogP contribution is 2.34. The molecule has 0 spiro atoms. The SMILES string of the molecule is C.CC1CN(Cc2ccccc2)CC1c1nnc(CN)c(=O)[nH]1.Cc1ccccc1-c1ncc2c(=O)[nH]c(C3CN(Cc4ccccc4)CC3C)nn12.Cc1ccccc1C(=O)NCc1nnc(C2CN(Cc3ccccc3)CC2C)[nH]c1=O.Cc1ccccc1C(=O)O. The number of nitrogens with two attached hydrogens (primary N) is 1. The molecule has 3 saturated heterocycles. The van der Waals surface area contributed by atoms with Crippen LogP contribution in [-0.2, 0) is 32.7 Å². The van der Waals surface area contributed by atoms with Gasteiger partial charge in [-0.05, 0) is 84.0 Å². The number of nitrogens with one attached hydrogen (secondary N) is 4. The average molecular weight is 1270 g/mol. The molecule has 488 valence electrons. The second-order valence-corrected chi connectivity index (χ2v) is 24.6. The third-order valence-electron chi connectivity index (χ3n) is 17.6. The first kappa shape index (κ1) is 68.4. The van der Waals surface area contributed by atoms with Crippen molar-refractivity contribution in [2.45, 2.75) is 99.4 Å². The molecule has 3 aliphatic heterocycles. The Bertz CT molecular complexity index is 4330. The Balaban J connectivity index is 0.000000155. The van der Waals surface area contributed by atoms with E-state index in [1.54, 1.807) is 41.9 Å². The number of imidazole rings is 1. The van der Waals surface area contributed by atoms with E-state index in [1.807, 2.05) is 92.7 Å². The second-order valence-electron chi connectivity index (χ2n) is 24.6. The number of rotatable bonds is 15. The van der Waals surface area contributed by atoms with Crippen LogP contribution in [-0.4, -0.2) is 121 Å². The molecule has 6 unspecified atom stereocenters. The van der Waals surface area contributed by atoms with Crippen molar-refractivity contribution >= 4 is 17.4 Å². The van der Waals surface area contributed by atoms with Crippen LogP contribution >= 0.6 is 0 Å². The number of fused-ring (bicyclic) bond motifs is 1. The monoisotopic (exact) mass is 1270 g/mol. The van der Waals surface area contributed by atoms with Crippen LogP contribution in [0.4, 0.5) is 0 Å². The lowest BCUT2D eigenvalue weighted by molar-refractivity contribution is 0.0695. The predicted molar refractivity (Wildman–Crippen MR) is 365 cm³/mol. The van der Waals surface area contributed by atoms with Crippen LogP contribution in [0.3, 0.4) is 0 Å². The summed E-state index contributed by atoms with van der Waals surface area (Å²) in [5.41, 5.74) is 14.4. The lowest BCUT2D eigenvalue weighted by Gasteiger charge is -2.16. The molecule has 7 heterocycles. The first-order chi connectivity index (χ1) is 45.0. The Morgan fingerprint density at radius 2 is 0.915 bits per heavy atom. The summed E-state index contributed by atoms with van der Waals surface area (Å²) < 4.78 is 1.71. The molecule has 3 aliphatic rings. The molecule has 0 bridgehead atoms. The van der Waals surface area contributed by atoms with E-state index in [9.17, 15) is 24.0 Å². The fourth-order valence-corrected chi connectivity index (χ4v) is 12.5. The van der Waals surface area contributed by atoms with Gasteiger partial charge < -0.3 is 31.1 Å². The smallest absolute Gasteiger partial charge is 0.335 e. The van der Waals surface area contributed by atoms with E-state index in [1.165, 1.54) is 16.7 Å². The lowest BCUT2D eigenvalue weighted by atomic mass is 9.97. The zero-order valence-electron chi connectivity index (χ0n) is 53.4. The molecule has 7 N–H and O–H groups in total. The molecule has 6 atom stereocenters. The van der Waals surface area contributed by atoms with Gasteiger partial charge in [-0.2, -0.15) is 5.10 Å². The Morgan fingerprint density at radius 1 is 0.511 bits per heavy atom. The highest BCUT2D eigenvalue weighted by molar-refractivity contribution is 5.95. The lowest BCUT2D eigenvalue weighted by Crippen LogP contribution is -2.30. The summed E-state index contributed by atoms with van der Waals surface area (Å²) in [4.78, 5) is 80.5. The fourth-order valence-electron chi connectivity index (χ4n) is 12.5. The fraction of sp³-hybridized carbons (Fsp3) is 0.329. The van der Waals surface area contributed by atoms with E-state index < -0.39 is 5.97 Å². The predicted octanol–water partition coefficient (Wildman–Crippen LogP) is 9.46. The van der Waals surface area contributed by atoms with E-state index in [2.05, 4.69) is 142 Å². The molecule has 3 fully saturated rings. The van der Waals surface area contributed by atoms with Crippen molar-refractivity contribution in [1.29, 1.82) is 0 Å². The Kier molecular flexibility index (Phi) is 23.4. The number of benzene rings is 6. The van der Waals surface area contributed by atoms with Gasteiger partial charge in [-0.15, -0.1) is 20.4 Å². The number of carbonyl (C=O) groups is 2. The maximum Gasteiger partial charge on any atom is 0.335 e. The van der Waals surface area contributed by atoms with Crippen LogP contribution in [0.1, 0.15) is 129 Å². The van der Waals surface area contributed by atoms with Gasteiger partial charge in [-0.1, -0.05) is 180 Å². The maximum absolute atomic E-state index is 12.8. The van der Waals surface area contributed by atoms with Gasteiger partial charge in [0.2, 0.25) is 0 Å². The molecule has 10 aromatic rings. The summed E-state index contributed by atoms with van der Waals surface area (Å²) in [7, 11) is 0. The topological polar surface area (TPSA) is 282 Å². The molecular weight excluding hydrogens is 1180 g/mol. The Morgan fingerprint density at radius 3 is 1.34 bits per heavy atom. The number of hydrogen-bond donors (Lipinski definition) is 6. The Hall–Kier alpha value is -9.93. The van der Waals surface area contributed by atoms with E-state index >= 15 is 0 Å². The number of aromatic amines is 3. The number of likely N-dealkylation sites (tertiary alicyclic amines) is 3. The van der Waals surface area contributed by atoms with Crippen molar-refractivity contribution in [2.24, 2.45) is 23.5 Å². The summed E-state index contributed by atoms with van der Waals surface area (Å²) in [6.07, 6.45) is 1.61. The molecule has 94 heavy (non-hydrogen) atoms. The summed E-state index contributed by atoms with van der Waals surface area (Å²) >= 11 is 0. The van der Waals surface area contributed by atoms with Gasteiger partial charge >= 0.3 is 5.97 Å². The average Bonchev–Trinajstić information content (AvgIpc) is 1.61. The molecule has 4 aromatic heterocycles. The van der Waals surface area contributed by atoms with Crippen LogP contribution < -0.4 is 27.7 Å². The number of carbonyl (C=O) groups excluding carboxylic acids is 1. The normalized spacial score (nSPS) is 18.6. The highest BCUT2D eigenvalue weighted by Gasteiger charge is 2.36. The molecule has 0 radical (unpaired) electrons. The van der Waals surface area contributed by atoms with Crippen molar-refractivity contribution in [3.8, 4) is 11.4 Å². The molecule has 0 saturated carbocycles. The quantitative estimate of drug-likeness (QED) is 0.0557. The number of aromatic nitrogens is 10. The number of carboxylic acid groups (broad SMARTS) is 1. The molecule has 0 aliphatic carbocycles. The number of nitrogens with zero attached hydrogens (tertiary/aromatic N) is 10. The first-order valence-electron chi connectivity index (χ1n) is 31.6. The third-order valence-corrected chi connectivity index (χ3v) is 17.6. The van der Waals surface area contributed by atoms with E-state index in [4.69, 9.17) is 15.9 Å². The van der Waals surface area contributed by atoms with Gasteiger partial charge in [0.1, 0.15) is 28.9 Å². The number of H-pyrrole nitrogens is 3. The minimum Gasteiger partial charge on any atom is -0.478 e. The molecule has 21 nitrogen and oxygen atoms in total. The van der Waals surface area contributed by atoms with E-state index in [0.29, 0.717) is 51.9 Å². The summed E-state index contributed by atoms with van der Waals surface area (Å²) in [6.45, 7) is 20.6. The molecule has 6 aromatic carbocycles. The zero-order valence-corrected chi connectivity index (χ0v) is 53.4. The largest absolute Gasteiger partial charge is 0.478 e. The van der Waals surface area contributed by atoms with Crippen LogP contribution in [0.25, 0.3) is 16.9 Å². The number of hydrogen-bond acceptors (Lipinski definition) is 15. The van der Waals surface area contributed by atoms with Crippen LogP contribution in [0.5, 0.6) is 0 Å². The molecule has 13 rings (SSSR count). The van der Waals surface area contributed by atoms with E-state index in [-0.39, 0.29) is 72.2 Å². The minimum absolute atomic E-state index is 0. The van der Waals surface area contributed by atoms with Crippen molar-refractivity contribution in [2.75, 3.05) is 39.3 Å². The Labute approximate surface area is 547 Å². The standard InChI is InChI=1S/C24H27N5O2.C24H25N5O.C16H21N5O.C8H8O2.CH4/c1-16-8-6-7-11-19(16)23(30)25-12-21-24(31)26-22(28-27-21)20-15-29(13-17(20)2)14-18-9-4-3-5-10-18;1-16-8-6-7-11-19(16)23-25-12-21-24(30)26-22(27-29(21)23)20-15-28(13-17(20)2)14-18-9-4-3-5-10-18;1-11-8-21(9-12-5-3-2-4-6-12)10-13(11)15-18-16(22)14(7-17)19-20-15;1-6-4-2-3-5-7(6)8(9)10;/h3-11,17,20H,12-15H2,1-2H3,(H,25,30)(H,26,28,31);3-12,17,20H,13-15H2,1-2H3,(H,26,27,30);2-6,11,13H,7-10,17H2,1H3,(H,18,20,22);2-5H,1H3,(H,9,10);1H4. The summed E-state index contributed by atoms with van der Waals surface area (Å²) in [6, 6.07) is 53.6. The number of aryl methyl sites for hydroxylation is 3. The molecule has 21 heteroatoms. The van der Waals surface area contributed by atoms with Gasteiger partial charge in [0.15, 0.2) is 11.3 Å². The van der Waals surface area contributed by atoms with Crippen molar-refractivity contribution in [3.63, 3.8) is 0 Å². The highest BCUT2D eigenvalue weighted by atomic mass is 16.4. The van der Waals surface area contributed by atoms with Crippen molar-refractivity contribution in [1.82, 2.24) is 70.0 Å². The molecular formula is C73H85N15O6. The van der Waals surface area contributed by atoms with Gasteiger partial charge in [0.25, 0.3) is 22.6 Å². The first-order valence-corrected chi connectivity index (χ1v) is 31.6. The van der Waals surface area contributed by atoms with Gasteiger partial charge in [0.05, 0.1) is 18.3 Å². The number of aromatic carboxylic acids is 1. The van der Waals surface area contributed by atoms with Crippen molar-refractivity contribution in [3.05, 3.63) is 274 Å². The van der Waals surface area contributed by atoms with Crippen LogP contribution in [0, 0.1) is 38.5 Å². The van der Waals surface area contributed by atoms with Gasteiger partial charge in [0, 0.05) is 94.3 Å². The second kappa shape index (κ2) is 32.1. The number of carboxylic acids is 1. The molecule has 1 amide bonds.